The van der Waals surface area contributed by atoms with Crippen molar-refractivity contribution in [3.8, 4) is 5.75 Å². The molecule has 0 fully saturated rings. The quantitative estimate of drug-likeness (QED) is 0.856. The summed E-state index contributed by atoms with van der Waals surface area (Å²) in [6.45, 7) is 4.83. The zero-order chi connectivity index (χ0) is 15.4. The number of nitrogen functional groups attached to an aromatic ring is 1. The van der Waals surface area contributed by atoms with Gasteiger partial charge in [0.25, 0.3) is 0 Å². The number of hydrogen-bond acceptors (Lipinski definition) is 3. The predicted molar refractivity (Wildman–Crippen MR) is 92.7 cm³/mol. The van der Waals surface area contributed by atoms with Gasteiger partial charge in [-0.1, -0.05) is 25.1 Å². The first kappa shape index (κ1) is 14.8. The molecule has 1 aliphatic heterocycles. The number of fused-ring (bicyclic) bond motifs is 1. The molecule has 0 saturated heterocycles. The van der Waals surface area contributed by atoms with Gasteiger partial charge in [0.15, 0.2) is 0 Å². The fraction of sp³-hybridized carbons (Fsp3) is 0.368. The average Bonchev–Trinajstić information content (AvgIpc) is 2.55. The van der Waals surface area contributed by atoms with Crippen LogP contribution in [0, 0.1) is 0 Å². The second kappa shape index (κ2) is 6.73. The Balaban J connectivity index is 1.62. The second-order valence-corrected chi connectivity index (χ2v) is 5.83. The summed E-state index contributed by atoms with van der Waals surface area (Å²) in [4.78, 5) is 2.39. The fourth-order valence-corrected chi connectivity index (χ4v) is 3.03. The topological polar surface area (TPSA) is 38.5 Å². The average molecular weight is 296 g/mol. The van der Waals surface area contributed by atoms with Crippen LogP contribution in [0.3, 0.4) is 0 Å². The van der Waals surface area contributed by atoms with Gasteiger partial charge in [-0.05, 0) is 54.7 Å². The molecule has 22 heavy (non-hydrogen) atoms. The highest BCUT2D eigenvalue weighted by molar-refractivity contribution is 5.62. The van der Waals surface area contributed by atoms with E-state index in [4.69, 9.17) is 10.5 Å². The Morgan fingerprint density at radius 3 is 2.95 bits per heavy atom. The van der Waals surface area contributed by atoms with E-state index in [0.717, 1.165) is 37.4 Å². The number of aryl methyl sites for hydroxylation is 2. The van der Waals surface area contributed by atoms with E-state index in [9.17, 15) is 0 Å². The predicted octanol–water partition coefficient (Wildman–Crippen LogP) is 3.66. The summed E-state index contributed by atoms with van der Waals surface area (Å²) in [7, 11) is 0. The van der Waals surface area contributed by atoms with Gasteiger partial charge in [-0.2, -0.15) is 0 Å². The first-order chi connectivity index (χ1) is 10.8. The van der Waals surface area contributed by atoms with Crippen LogP contribution in [-0.2, 0) is 12.8 Å². The number of nitrogens with two attached hydrogens (primary N) is 1. The van der Waals surface area contributed by atoms with Crippen LogP contribution in [0.15, 0.2) is 42.5 Å². The van der Waals surface area contributed by atoms with Crippen molar-refractivity contribution in [1.82, 2.24) is 0 Å². The molecule has 0 atom stereocenters. The molecule has 0 radical (unpaired) electrons. The van der Waals surface area contributed by atoms with Crippen molar-refractivity contribution < 1.29 is 4.74 Å². The van der Waals surface area contributed by atoms with Crippen molar-refractivity contribution in [2.24, 2.45) is 0 Å². The molecule has 1 heterocycles. The lowest BCUT2D eigenvalue weighted by Gasteiger charge is -2.31. The van der Waals surface area contributed by atoms with Crippen molar-refractivity contribution in [1.29, 1.82) is 0 Å². The van der Waals surface area contributed by atoms with Crippen LogP contribution in [0.2, 0.25) is 0 Å². The Labute approximate surface area is 132 Å². The second-order valence-electron chi connectivity index (χ2n) is 5.83. The van der Waals surface area contributed by atoms with Gasteiger partial charge >= 0.3 is 0 Å². The molecule has 0 spiro atoms. The van der Waals surface area contributed by atoms with Gasteiger partial charge in [-0.3, -0.25) is 0 Å². The molecule has 0 amide bonds. The first-order valence-corrected chi connectivity index (χ1v) is 8.11. The van der Waals surface area contributed by atoms with E-state index in [-0.39, 0.29) is 0 Å². The summed E-state index contributed by atoms with van der Waals surface area (Å²) >= 11 is 0. The third kappa shape index (κ3) is 3.35. The van der Waals surface area contributed by atoms with Crippen LogP contribution in [0.5, 0.6) is 5.75 Å². The Morgan fingerprint density at radius 1 is 1.18 bits per heavy atom. The monoisotopic (exact) mass is 296 g/mol. The number of rotatable bonds is 5. The molecule has 2 aromatic rings. The molecule has 0 aromatic heterocycles. The van der Waals surface area contributed by atoms with Crippen molar-refractivity contribution >= 4 is 11.4 Å². The zero-order valence-corrected chi connectivity index (χ0v) is 13.2. The normalized spacial score (nSPS) is 13.8. The highest BCUT2D eigenvalue weighted by Crippen LogP contribution is 2.28. The van der Waals surface area contributed by atoms with Crippen LogP contribution in [-0.4, -0.2) is 19.7 Å². The van der Waals surface area contributed by atoms with Crippen LogP contribution >= 0.6 is 0 Å². The highest BCUT2D eigenvalue weighted by Gasteiger charge is 2.16. The molecule has 0 unspecified atom stereocenters. The number of hydrogen-bond donors (Lipinski definition) is 1. The standard InChI is InChI=1S/C19H24N2O/c1-2-15-5-3-7-18(13-15)22-12-11-21-10-4-6-16-8-9-17(20)14-19(16)21/h3,5,7-9,13-14H,2,4,6,10-12,20H2,1H3. The Kier molecular flexibility index (Phi) is 4.52. The SMILES string of the molecule is CCc1cccc(OCCN2CCCc3ccc(N)cc32)c1. The summed E-state index contributed by atoms with van der Waals surface area (Å²) in [6, 6.07) is 14.6. The zero-order valence-electron chi connectivity index (χ0n) is 13.2. The summed E-state index contributed by atoms with van der Waals surface area (Å²) in [5.41, 5.74) is 10.8. The molecule has 3 rings (SSSR count). The Morgan fingerprint density at radius 2 is 2.09 bits per heavy atom. The van der Waals surface area contributed by atoms with Gasteiger partial charge in [0, 0.05) is 17.9 Å². The van der Waals surface area contributed by atoms with Crippen molar-refractivity contribution in [3.63, 3.8) is 0 Å². The lowest BCUT2D eigenvalue weighted by Crippen LogP contribution is -2.33. The molecule has 2 N–H and O–H groups in total. The van der Waals surface area contributed by atoms with Gasteiger partial charge in [-0.25, -0.2) is 0 Å². The maximum Gasteiger partial charge on any atom is 0.119 e. The fourth-order valence-electron chi connectivity index (χ4n) is 3.03. The smallest absolute Gasteiger partial charge is 0.119 e. The Bertz CT molecular complexity index is 639. The van der Waals surface area contributed by atoms with E-state index in [1.807, 2.05) is 12.1 Å². The van der Waals surface area contributed by atoms with Gasteiger partial charge in [0.2, 0.25) is 0 Å². The van der Waals surface area contributed by atoms with Gasteiger partial charge in [0.1, 0.15) is 12.4 Å². The number of benzene rings is 2. The minimum atomic E-state index is 0.696. The number of ether oxygens (including phenoxy) is 1. The van der Waals surface area contributed by atoms with Gasteiger partial charge in [-0.15, -0.1) is 0 Å². The third-order valence-corrected chi connectivity index (χ3v) is 4.26. The van der Waals surface area contributed by atoms with Gasteiger partial charge in [0.05, 0.1) is 6.54 Å². The molecule has 0 aliphatic carbocycles. The Hall–Kier alpha value is -2.16. The highest BCUT2D eigenvalue weighted by atomic mass is 16.5. The molecular formula is C19H24N2O. The molecule has 0 saturated carbocycles. The van der Waals surface area contributed by atoms with Gasteiger partial charge < -0.3 is 15.4 Å². The third-order valence-electron chi connectivity index (χ3n) is 4.26. The molecule has 1 aliphatic rings. The lowest BCUT2D eigenvalue weighted by atomic mass is 10.0. The van der Waals surface area contributed by atoms with E-state index in [2.05, 4.69) is 42.2 Å². The van der Waals surface area contributed by atoms with Crippen LogP contribution < -0.4 is 15.4 Å². The first-order valence-electron chi connectivity index (χ1n) is 8.11. The van der Waals surface area contributed by atoms with Crippen molar-refractivity contribution in [3.05, 3.63) is 53.6 Å². The lowest BCUT2D eigenvalue weighted by molar-refractivity contribution is 0.322. The van der Waals surface area contributed by atoms with E-state index in [0.29, 0.717) is 6.61 Å². The van der Waals surface area contributed by atoms with Crippen molar-refractivity contribution in [2.45, 2.75) is 26.2 Å². The molecule has 3 heteroatoms. The molecule has 2 aromatic carbocycles. The van der Waals surface area contributed by atoms with Crippen LogP contribution in [0.25, 0.3) is 0 Å². The van der Waals surface area contributed by atoms with Crippen LogP contribution in [0.1, 0.15) is 24.5 Å². The molecular weight excluding hydrogens is 272 g/mol. The minimum absolute atomic E-state index is 0.696. The molecule has 0 bridgehead atoms. The maximum absolute atomic E-state index is 5.94. The van der Waals surface area contributed by atoms with E-state index in [1.54, 1.807) is 0 Å². The molecule has 116 valence electrons. The van der Waals surface area contributed by atoms with Crippen LogP contribution in [0.4, 0.5) is 11.4 Å². The summed E-state index contributed by atoms with van der Waals surface area (Å²) in [5, 5.41) is 0. The van der Waals surface area contributed by atoms with E-state index in [1.165, 1.54) is 23.2 Å². The number of anilines is 2. The summed E-state index contributed by atoms with van der Waals surface area (Å²) in [5.74, 6) is 0.962. The summed E-state index contributed by atoms with van der Waals surface area (Å²) in [6.07, 6.45) is 3.38. The van der Waals surface area contributed by atoms with E-state index < -0.39 is 0 Å². The maximum atomic E-state index is 5.94. The van der Waals surface area contributed by atoms with Crippen molar-refractivity contribution in [2.75, 3.05) is 30.3 Å². The largest absolute Gasteiger partial charge is 0.492 e. The van der Waals surface area contributed by atoms with E-state index >= 15 is 0 Å². The summed E-state index contributed by atoms with van der Waals surface area (Å²) < 4.78 is 5.92. The minimum Gasteiger partial charge on any atom is -0.492 e. The molecule has 3 nitrogen and oxygen atoms in total. The number of nitrogens with zero attached hydrogens (tertiary/aromatic N) is 1.